The second-order valence-electron chi connectivity index (χ2n) is 7.46. The van der Waals surface area contributed by atoms with E-state index < -0.39 is 5.60 Å². The van der Waals surface area contributed by atoms with Gasteiger partial charge >= 0.3 is 6.09 Å². The number of fused-ring (bicyclic) bond motifs is 1. The van der Waals surface area contributed by atoms with E-state index in [1.807, 2.05) is 20.8 Å². The number of likely N-dealkylation sites (N-methyl/N-ethyl adjacent to an activating group) is 1. The minimum absolute atomic E-state index is 0.281. The standard InChI is InChI=1S/C22H25NO2S2/c1-22(2,3)25-21(24)23(4)14-13-16-9-5-7-11-18(16)27-20-15-26-19-12-8-6-10-17(19)20/h5-12,15H,13-14H2,1-4H3. The summed E-state index contributed by atoms with van der Waals surface area (Å²) in [5.74, 6) is 0. The van der Waals surface area contributed by atoms with E-state index in [4.69, 9.17) is 4.74 Å². The normalized spacial score (nSPS) is 11.6. The van der Waals surface area contributed by atoms with Crippen LogP contribution in [0.3, 0.4) is 0 Å². The lowest BCUT2D eigenvalue weighted by Crippen LogP contribution is -2.35. The van der Waals surface area contributed by atoms with E-state index in [0.29, 0.717) is 6.54 Å². The van der Waals surface area contributed by atoms with Gasteiger partial charge in [-0.3, -0.25) is 0 Å². The van der Waals surface area contributed by atoms with Gasteiger partial charge in [-0.2, -0.15) is 0 Å². The van der Waals surface area contributed by atoms with E-state index in [2.05, 4.69) is 53.9 Å². The molecule has 3 aromatic rings. The van der Waals surface area contributed by atoms with E-state index in [9.17, 15) is 4.79 Å². The molecule has 1 heterocycles. The Bertz CT molecular complexity index is 927. The van der Waals surface area contributed by atoms with Crippen LogP contribution in [0.15, 0.2) is 63.7 Å². The van der Waals surface area contributed by atoms with Crippen LogP contribution in [-0.2, 0) is 11.2 Å². The number of hydrogen-bond donors (Lipinski definition) is 0. The zero-order chi connectivity index (χ0) is 19.4. The molecule has 0 atom stereocenters. The molecule has 0 bridgehead atoms. The Hall–Kier alpha value is -1.98. The largest absolute Gasteiger partial charge is 0.444 e. The molecule has 0 N–H and O–H groups in total. The Morgan fingerprint density at radius 3 is 2.56 bits per heavy atom. The number of carbonyl (C=O) groups is 1. The van der Waals surface area contributed by atoms with Crippen molar-refractivity contribution in [2.75, 3.05) is 13.6 Å². The first-order chi connectivity index (χ1) is 12.8. The van der Waals surface area contributed by atoms with Crippen LogP contribution in [-0.4, -0.2) is 30.2 Å². The predicted octanol–water partition coefficient (Wildman–Crippen LogP) is 6.46. The van der Waals surface area contributed by atoms with Crippen LogP contribution in [0.2, 0.25) is 0 Å². The average molecular weight is 400 g/mol. The van der Waals surface area contributed by atoms with Crippen LogP contribution in [0.25, 0.3) is 10.1 Å². The minimum Gasteiger partial charge on any atom is -0.444 e. The van der Waals surface area contributed by atoms with E-state index in [1.165, 1.54) is 25.4 Å². The van der Waals surface area contributed by atoms with Crippen molar-refractivity contribution >= 4 is 39.3 Å². The molecule has 0 aliphatic carbocycles. The molecule has 3 nitrogen and oxygen atoms in total. The van der Waals surface area contributed by atoms with E-state index in [-0.39, 0.29) is 6.09 Å². The van der Waals surface area contributed by atoms with Crippen molar-refractivity contribution in [3.05, 3.63) is 59.5 Å². The maximum atomic E-state index is 12.2. The van der Waals surface area contributed by atoms with Gasteiger partial charge in [-0.15, -0.1) is 11.3 Å². The lowest BCUT2D eigenvalue weighted by molar-refractivity contribution is 0.0300. The third-order valence-electron chi connectivity index (χ3n) is 4.06. The summed E-state index contributed by atoms with van der Waals surface area (Å²) in [6.45, 7) is 6.28. The highest BCUT2D eigenvalue weighted by Gasteiger charge is 2.19. The number of hydrogen-bond acceptors (Lipinski definition) is 4. The zero-order valence-electron chi connectivity index (χ0n) is 16.2. The number of ether oxygens (including phenoxy) is 1. The molecule has 0 fully saturated rings. The van der Waals surface area contributed by atoms with Gasteiger partial charge in [-0.25, -0.2) is 4.79 Å². The summed E-state index contributed by atoms with van der Waals surface area (Å²) in [6, 6.07) is 16.9. The molecule has 1 aromatic heterocycles. The maximum Gasteiger partial charge on any atom is 0.410 e. The molecule has 0 aliphatic rings. The molecule has 1 amide bonds. The molecule has 0 radical (unpaired) electrons. The second kappa shape index (κ2) is 8.36. The van der Waals surface area contributed by atoms with Crippen molar-refractivity contribution in [2.24, 2.45) is 0 Å². The Morgan fingerprint density at radius 2 is 1.78 bits per heavy atom. The molecule has 5 heteroatoms. The third kappa shape index (κ3) is 5.27. The van der Waals surface area contributed by atoms with Gasteiger partial charge in [-0.05, 0) is 44.9 Å². The quantitative estimate of drug-likeness (QED) is 0.493. The minimum atomic E-state index is -0.473. The van der Waals surface area contributed by atoms with Gasteiger partial charge < -0.3 is 9.64 Å². The SMILES string of the molecule is CN(CCc1ccccc1Sc1csc2ccccc12)C(=O)OC(C)(C)C. The van der Waals surface area contributed by atoms with Crippen molar-refractivity contribution in [2.45, 2.75) is 42.6 Å². The first-order valence-electron chi connectivity index (χ1n) is 8.99. The first-order valence-corrected chi connectivity index (χ1v) is 10.7. The fourth-order valence-corrected chi connectivity index (χ4v) is 4.88. The van der Waals surface area contributed by atoms with Crippen LogP contribution in [0.1, 0.15) is 26.3 Å². The molecule has 2 aromatic carbocycles. The average Bonchev–Trinajstić information content (AvgIpc) is 3.02. The lowest BCUT2D eigenvalue weighted by Gasteiger charge is -2.24. The van der Waals surface area contributed by atoms with Gasteiger partial charge in [0.15, 0.2) is 0 Å². The fraction of sp³-hybridized carbons (Fsp3) is 0.318. The summed E-state index contributed by atoms with van der Waals surface area (Å²) < 4.78 is 6.74. The monoisotopic (exact) mass is 399 g/mol. The maximum absolute atomic E-state index is 12.2. The van der Waals surface area contributed by atoms with E-state index in [0.717, 1.165) is 6.42 Å². The Morgan fingerprint density at radius 1 is 1.07 bits per heavy atom. The van der Waals surface area contributed by atoms with Crippen molar-refractivity contribution in [1.82, 2.24) is 4.90 Å². The molecule has 0 aliphatic heterocycles. The van der Waals surface area contributed by atoms with Gasteiger partial charge in [0.1, 0.15) is 5.60 Å². The Labute approximate surface area is 169 Å². The molecule has 0 unspecified atom stereocenters. The van der Waals surface area contributed by atoms with Gasteiger partial charge in [0.2, 0.25) is 0 Å². The number of thiophene rings is 1. The van der Waals surface area contributed by atoms with Crippen molar-refractivity contribution in [3.8, 4) is 0 Å². The van der Waals surface area contributed by atoms with E-state index >= 15 is 0 Å². The lowest BCUT2D eigenvalue weighted by atomic mass is 10.1. The number of rotatable bonds is 5. The van der Waals surface area contributed by atoms with Crippen LogP contribution in [0, 0.1) is 0 Å². The summed E-state index contributed by atoms with van der Waals surface area (Å²) in [7, 11) is 1.79. The van der Waals surface area contributed by atoms with E-state index in [1.54, 1.807) is 35.0 Å². The van der Waals surface area contributed by atoms with Crippen molar-refractivity contribution in [3.63, 3.8) is 0 Å². The van der Waals surface area contributed by atoms with Gasteiger partial charge in [0, 0.05) is 38.8 Å². The molecular formula is C22H25NO2S2. The molecule has 0 saturated carbocycles. The first kappa shape index (κ1) is 19.8. The summed E-state index contributed by atoms with van der Waals surface area (Å²) in [5, 5.41) is 3.52. The molecule has 0 spiro atoms. The fourth-order valence-electron chi connectivity index (χ4n) is 2.68. The van der Waals surface area contributed by atoms with Gasteiger partial charge in [-0.1, -0.05) is 48.2 Å². The van der Waals surface area contributed by atoms with Crippen molar-refractivity contribution in [1.29, 1.82) is 0 Å². The summed E-state index contributed by atoms with van der Waals surface area (Å²) >= 11 is 3.57. The number of benzene rings is 2. The molecule has 0 saturated heterocycles. The summed E-state index contributed by atoms with van der Waals surface area (Å²) in [4.78, 5) is 16.3. The predicted molar refractivity (Wildman–Crippen MR) is 115 cm³/mol. The Balaban J connectivity index is 1.70. The second-order valence-corrected chi connectivity index (χ2v) is 9.45. The van der Waals surface area contributed by atoms with Crippen LogP contribution in [0.4, 0.5) is 4.79 Å². The van der Waals surface area contributed by atoms with Gasteiger partial charge in [0.25, 0.3) is 0 Å². The highest BCUT2D eigenvalue weighted by molar-refractivity contribution is 7.99. The highest BCUT2D eigenvalue weighted by atomic mass is 32.2. The third-order valence-corrected chi connectivity index (χ3v) is 6.35. The topological polar surface area (TPSA) is 29.5 Å². The smallest absolute Gasteiger partial charge is 0.410 e. The molecule has 3 rings (SSSR count). The molecular weight excluding hydrogens is 374 g/mol. The van der Waals surface area contributed by atoms with Crippen LogP contribution >= 0.6 is 23.1 Å². The summed E-state index contributed by atoms with van der Waals surface area (Å²) in [6.07, 6.45) is 0.512. The Kier molecular flexibility index (Phi) is 6.12. The highest BCUT2D eigenvalue weighted by Crippen LogP contribution is 2.38. The number of nitrogens with zero attached hydrogens (tertiary/aromatic N) is 1. The molecule has 27 heavy (non-hydrogen) atoms. The van der Waals surface area contributed by atoms with Crippen LogP contribution in [0.5, 0.6) is 0 Å². The van der Waals surface area contributed by atoms with Crippen molar-refractivity contribution < 1.29 is 9.53 Å². The molecule has 142 valence electrons. The van der Waals surface area contributed by atoms with Gasteiger partial charge in [0.05, 0.1) is 0 Å². The summed E-state index contributed by atoms with van der Waals surface area (Å²) in [5.41, 5.74) is 0.771. The zero-order valence-corrected chi connectivity index (χ0v) is 17.8. The number of carbonyl (C=O) groups excluding carboxylic acids is 1. The van der Waals surface area contributed by atoms with Crippen LogP contribution < -0.4 is 0 Å². The number of amides is 1.